The molecule has 0 aromatic carbocycles. The van der Waals surface area contributed by atoms with Crippen LogP contribution in [-0.2, 0) is 6.54 Å². The molecule has 10 heavy (non-hydrogen) atoms. The number of nitrogens with zero attached hydrogens (tertiary/aromatic N) is 3. The van der Waals surface area contributed by atoms with Crippen molar-refractivity contribution in [2.75, 3.05) is 0 Å². The lowest BCUT2D eigenvalue weighted by atomic mass is 10.2. The summed E-state index contributed by atoms with van der Waals surface area (Å²) in [5, 5.41) is 7.07. The molecular formula is C7H11N3. The third-order valence-corrected chi connectivity index (χ3v) is 1.37. The van der Waals surface area contributed by atoms with Gasteiger partial charge < -0.3 is 4.57 Å². The number of unbranched alkanes of at least 4 members (excludes halogenated alkanes) is 2. The highest BCUT2D eigenvalue weighted by Crippen LogP contribution is 1.95. The number of rotatable bonds is 4. The van der Waals surface area contributed by atoms with Gasteiger partial charge in [-0.3, -0.25) is 0 Å². The smallest absolute Gasteiger partial charge is 0.202 e. The van der Waals surface area contributed by atoms with Gasteiger partial charge in [0.05, 0.1) is 0 Å². The Morgan fingerprint density at radius 2 is 1.90 bits per heavy atom. The van der Waals surface area contributed by atoms with E-state index in [2.05, 4.69) is 29.8 Å². The van der Waals surface area contributed by atoms with Gasteiger partial charge in [0, 0.05) is 6.54 Å². The van der Waals surface area contributed by atoms with Gasteiger partial charge in [0.25, 0.3) is 0 Å². The van der Waals surface area contributed by atoms with Crippen LogP contribution in [-0.4, -0.2) is 14.8 Å². The summed E-state index contributed by atoms with van der Waals surface area (Å²) in [5.74, 6) is 0. The molecule has 0 saturated carbocycles. The van der Waals surface area contributed by atoms with Crippen LogP contribution >= 0.6 is 0 Å². The number of hydrogen-bond acceptors (Lipinski definition) is 2. The first-order valence-corrected chi connectivity index (χ1v) is 3.62. The SMILES string of the molecule is CCCCCn1[c]nn[c]1. The van der Waals surface area contributed by atoms with Gasteiger partial charge in [-0.1, -0.05) is 19.8 Å². The third-order valence-electron chi connectivity index (χ3n) is 1.37. The minimum absolute atomic E-state index is 0.945. The van der Waals surface area contributed by atoms with Crippen LogP contribution in [0.4, 0.5) is 0 Å². The van der Waals surface area contributed by atoms with E-state index in [9.17, 15) is 0 Å². The first kappa shape index (κ1) is 7.25. The van der Waals surface area contributed by atoms with Crippen molar-refractivity contribution in [3.63, 3.8) is 0 Å². The van der Waals surface area contributed by atoms with Crippen molar-refractivity contribution in [3.8, 4) is 0 Å². The Balaban J connectivity index is 2.15. The van der Waals surface area contributed by atoms with E-state index in [4.69, 9.17) is 0 Å². The molecule has 0 aliphatic heterocycles. The summed E-state index contributed by atoms with van der Waals surface area (Å²) >= 11 is 0. The maximum atomic E-state index is 3.53. The van der Waals surface area contributed by atoms with E-state index >= 15 is 0 Å². The van der Waals surface area contributed by atoms with Gasteiger partial charge in [-0.15, -0.1) is 10.2 Å². The molecule has 1 rings (SSSR count). The molecule has 2 radical (unpaired) electrons. The fraction of sp³-hybridized carbons (Fsp3) is 0.714. The molecule has 3 nitrogen and oxygen atoms in total. The zero-order valence-corrected chi connectivity index (χ0v) is 6.17. The second-order valence-corrected chi connectivity index (χ2v) is 2.26. The van der Waals surface area contributed by atoms with E-state index in [0.29, 0.717) is 0 Å². The Kier molecular flexibility index (Phi) is 2.93. The van der Waals surface area contributed by atoms with Crippen LogP contribution in [0.2, 0.25) is 0 Å². The second kappa shape index (κ2) is 4.04. The number of aryl methyl sites for hydroxylation is 1. The molecule has 1 heterocycles. The van der Waals surface area contributed by atoms with Crippen LogP contribution in [0.5, 0.6) is 0 Å². The average molecular weight is 137 g/mol. The Morgan fingerprint density at radius 1 is 1.20 bits per heavy atom. The molecule has 0 saturated heterocycles. The second-order valence-electron chi connectivity index (χ2n) is 2.26. The summed E-state index contributed by atoms with van der Waals surface area (Å²) in [6.07, 6.45) is 9.05. The first-order valence-electron chi connectivity index (χ1n) is 3.62. The van der Waals surface area contributed by atoms with Crippen molar-refractivity contribution < 1.29 is 0 Å². The summed E-state index contributed by atoms with van der Waals surface area (Å²) in [4.78, 5) is 0. The zero-order chi connectivity index (χ0) is 7.23. The summed E-state index contributed by atoms with van der Waals surface area (Å²) in [5.41, 5.74) is 0. The van der Waals surface area contributed by atoms with E-state index in [0.717, 1.165) is 6.54 Å². The Hall–Kier alpha value is -0.860. The zero-order valence-electron chi connectivity index (χ0n) is 6.17. The van der Waals surface area contributed by atoms with Gasteiger partial charge in [0.1, 0.15) is 0 Å². The predicted molar refractivity (Wildman–Crippen MR) is 37.2 cm³/mol. The molecule has 0 unspecified atom stereocenters. The third kappa shape index (κ3) is 2.17. The van der Waals surface area contributed by atoms with Crippen LogP contribution in [0, 0.1) is 12.7 Å². The molecule has 54 valence electrons. The molecule has 0 atom stereocenters. The maximum absolute atomic E-state index is 3.53. The van der Waals surface area contributed by atoms with Gasteiger partial charge in [-0.2, -0.15) is 0 Å². The molecule has 0 N–H and O–H groups in total. The highest BCUT2D eigenvalue weighted by atomic mass is 15.2. The molecule has 0 spiro atoms. The number of aromatic nitrogens is 3. The topological polar surface area (TPSA) is 30.7 Å². The molecule has 3 heteroatoms. The van der Waals surface area contributed by atoms with Crippen molar-refractivity contribution in [2.24, 2.45) is 0 Å². The van der Waals surface area contributed by atoms with Crippen molar-refractivity contribution in [3.05, 3.63) is 12.7 Å². The molecular weight excluding hydrogens is 126 g/mol. The standard InChI is InChI=1S/C7H11N3/c1-2-3-4-5-10-6-8-9-7-10/h2-5H2,1H3. The molecule has 0 amide bonds. The highest BCUT2D eigenvalue weighted by molar-refractivity contribution is 4.54. The summed E-state index contributed by atoms with van der Waals surface area (Å²) in [6, 6.07) is 0. The van der Waals surface area contributed by atoms with Crippen LogP contribution in [0.25, 0.3) is 0 Å². The molecule has 1 aromatic heterocycles. The van der Waals surface area contributed by atoms with E-state index in [-0.39, 0.29) is 0 Å². The van der Waals surface area contributed by atoms with Crippen LogP contribution in [0.1, 0.15) is 26.2 Å². The van der Waals surface area contributed by atoms with Crippen LogP contribution < -0.4 is 0 Å². The molecule has 0 aliphatic rings. The Morgan fingerprint density at radius 3 is 2.50 bits per heavy atom. The van der Waals surface area contributed by atoms with Crippen molar-refractivity contribution in [1.29, 1.82) is 0 Å². The van der Waals surface area contributed by atoms with Crippen LogP contribution in [0.3, 0.4) is 0 Å². The van der Waals surface area contributed by atoms with E-state index < -0.39 is 0 Å². The average Bonchev–Trinajstić information content (AvgIpc) is 2.41. The Labute approximate surface area is 61.1 Å². The van der Waals surface area contributed by atoms with Gasteiger partial charge >= 0.3 is 0 Å². The van der Waals surface area contributed by atoms with Crippen molar-refractivity contribution in [1.82, 2.24) is 14.8 Å². The Bertz CT molecular complexity index is 157. The molecule has 1 aromatic rings. The van der Waals surface area contributed by atoms with Gasteiger partial charge in [-0.05, 0) is 6.42 Å². The summed E-state index contributed by atoms with van der Waals surface area (Å²) in [6.45, 7) is 3.13. The van der Waals surface area contributed by atoms with Crippen molar-refractivity contribution in [2.45, 2.75) is 32.7 Å². The first-order chi connectivity index (χ1) is 4.93. The van der Waals surface area contributed by atoms with E-state index in [1.807, 2.05) is 0 Å². The molecule has 0 bridgehead atoms. The normalized spacial score (nSPS) is 10.1. The minimum atomic E-state index is 0.945. The lowest BCUT2D eigenvalue weighted by molar-refractivity contribution is 0.595. The van der Waals surface area contributed by atoms with Gasteiger partial charge in [0.15, 0.2) is 0 Å². The fourth-order valence-electron chi connectivity index (χ4n) is 0.795. The van der Waals surface area contributed by atoms with Crippen molar-refractivity contribution >= 4 is 0 Å². The maximum Gasteiger partial charge on any atom is 0.202 e. The fourth-order valence-corrected chi connectivity index (χ4v) is 0.795. The molecule has 0 fully saturated rings. The van der Waals surface area contributed by atoms with Gasteiger partial charge in [-0.25, -0.2) is 0 Å². The largest absolute Gasteiger partial charge is 0.302 e. The monoisotopic (exact) mass is 137 g/mol. The summed E-state index contributed by atoms with van der Waals surface area (Å²) in [7, 11) is 0. The van der Waals surface area contributed by atoms with Crippen LogP contribution in [0.15, 0.2) is 0 Å². The lowest BCUT2D eigenvalue weighted by Gasteiger charge is -1.95. The highest BCUT2D eigenvalue weighted by Gasteiger charge is 1.90. The van der Waals surface area contributed by atoms with E-state index in [1.54, 1.807) is 4.57 Å². The quantitative estimate of drug-likeness (QED) is 0.581. The van der Waals surface area contributed by atoms with Gasteiger partial charge in [0.2, 0.25) is 12.7 Å². The molecule has 0 aliphatic carbocycles. The predicted octanol–water partition coefficient (Wildman–Crippen LogP) is 1.07. The van der Waals surface area contributed by atoms with E-state index in [1.165, 1.54) is 19.3 Å². The number of hydrogen-bond donors (Lipinski definition) is 0. The minimum Gasteiger partial charge on any atom is -0.302 e. The lowest BCUT2D eigenvalue weighted by Crippen LogP contribution is -1.94. The summed E-state index contributed by atoms with van der Waals surface area (Å²) < 4.78 is 1.76.